The van der Waals surface area contributed by atoms with E-state index in [1.165, 1.54) is 0 Å². The Morgan fingerprint density at radius 2 is 2.15 bits per heavy atom. The molecule has 2 amide bonds. The highest BCUT2D eigenvalue weighted by Gasteiger charge is 2.06. The standard InChI is InChI=1S/C7H13N3O3/c1-5(2)13-7(12)9-4-6(11)10-8-3/h5H,3-4H2,1-2H3,(H,9,12)(H,10,11). The predicted molar refractivity (Wildman–Crippen MR) is 47.3 cm³/mol. The number of carbonyl (C=O) groups is 2. The van der Waals surface area contributed by atoms with Crippen LogP contribution in [0.25, 0.3) is 0 Å². The van der Waals surface area contributed by atoms with Crippen molar-refractivity contribution in [1.29, 1.82) is 0 Å². The summed E-state index contributed by atoms with van der Waals surface area (Å²) in [6, 6.07) is 0. The van der Waals surface area contributed by atoms with Crippen LogP contribution in [0.15, 0.2) is 5.10 Å². The molecule has 0 saturated carbocycles. The van der Waals surface area contributed by atoms with E-state index in [-0.39, 0.29) is 12.6 Å². The quantitative estimate of drug-likeness (QED) is 0.474. The van der Waals surface area contributed by atoms with Gasteiger partial charge in [-0.3, -0.25) is 4.79 Å². The molecule has 0 bridgehead atoms. The highest BCUT2D eigenvalue weighted by Crippen LogP contribution is 1.87. The summed E-state index contributed by atoms with van der Waals surface area (Å²) in [6.07, 6.45) is -0.838. The smallest absolute Gasteiger partial charge is 0.407 e. The van der Waals surface area contributed by atoms with E-state index in [2.05, 4.69) is 22.6 Å². The minimum atomic E-state index is -0.630. The maximum Gasteiger partial charge on any atom is 0.407 e. The van der Waals surface area contributed by atoms with Crippen LogP contribution in [0.2, 0.25) is 0 Å². The molecule has 13 heavy (non-hydrogen) atoms. The van der Waals surface area contributed by atoms with Crippen molar-refractivity contribution >= 4 is 18.7 Å². The zero-order valence-corrected chi connectivity index (χ0v) is 7.66. The number of nitrogens with one attached hydrogen (secondary N) is 2. The Morgan fingerprint density at radius 3 is 2.62 bits per heavy atom. The van der Waals surface area contributed by atoms with E-state index in [9.17, 15) is 9.59 Å². The van der Waals surface area contributed by atoms with Crippen LogP contribution in [0.1, 0.15) is 13.8 Å². The maximum absolute atomic E-state index is 10.8. The molecular weight excluding hydrogens is 174 g/mol. The fraction of sp³-hybridized carbons (Fsp3) is 0.571. The number of alkyl carbamates (subject to hydrolysis) is 1. The molecule has 0 spiro atoms. The second kappa shape index (κ2) is 5.99. The average Bonchev–Trinajstić information content (AvgIpc) is 2.00. The van der Waals surface area contributed by atoms with Gasteiger partial charge in [-0.25, -0.2) is 10.2 Å². The summed E-state index contributed by atoms with van der Waals surface area (Å²) in [7, 11) is 0. The van der Waals surface area contributed by atoms with Crippen molar-refractivity contribution in [2.24, 2.45) is 5.10 Å². The number of rotatable bonds is 4. The average molecular weight is 187 g/mol. The molecular formula is C7H13N3O3. The van der Waals surface area contributed by atoms with Gasteiger partial charge in [-0.1, -0.05) is 0 Å². The van der Waals surface area contributed by atoms with Crippen LogP contribution in [-0.4, -0.2) is 31.4 Å². The van der Waals surface area contributed by atoms with E-state index in [4.69, 9.17) is 4.74 Å². The zero-order chi connectivity index (χ0) is 10.3. The largest absolute Gasteiger partial charge is 0.447 e. The summed E-state index contributed by atoms with van der Waals surface area (Å²) in [5, 5.41) is 5.37. The van der Waals surface area contributed by atoms with Crippen molar-refractivity contribution in [3.63, 3.8) is 0 Å². The van der Waals surface area contributed by atoms with Crippen molar-refractivity contribution in [3.8, 4) is 0 Å². The molecule has 0 aromatic carbocycles. The molecule has 0 aliphatic carbocycles. The van der Waals surface area contributed by atoms with Crippen LogP contribution in [0.5, 0.6) is 0 Å². The molecule has 74 valence electrons. The van der Waals surface area contributed by atoms with E-state index in [0.29, 0.717) is 0 Å². The zero-order valence-electron chi connectivity index (χ0n) is 7.66. The lowest BCUT2D eigenvalue weighted by atomic mass is 10.5. The first-order valence-corrected chi connectivity index (χ1v) is 3.75. The highest BCUT2D eigenvalue weighted by molar-refractivity contribution is 5.82. The molecule has 0 aromatic heterocycles. The van der Waals surface area contributed by atoms with Crippen LogP contribution < -0.4 is 10.7 Å². The molecule has 0 saturated heterocycles. The Labute approximate surface area is 76.3 Å². The SMILES string of the molecule is C=NNC(=O)CNC(=O)OC(C)C. The van der Waals surface area contributed by atoms with Crippen molar-refractivity contribution in [3.05, 3.63) is 0 Å². The summed E-state index contributed by atoms with van der Waals surface area (Å²) in [5.41, 5.74) is 2.06. The molecule has 0 unspecified atom stereocenters. The Bertz CT molecular complexity index is 203. The third-order valence-corrected chi connectivity index (χ3v) is 0.940. The molecule has 0 rings (SSSR count). The van der Waals surface area contributed by atoms with E-state index < -0.39 is 12.0 Å². The van der Waals surface area contributed by atoms with Gasteiger partial charge in [0.1, 0.15) is 6.54 Å². The Morgan fingerprint density at radius 1 is 1.54 bits per heavy atom. The lowest BCUT2D eigenvalue weighted by molar-refractivity contribution is -0.120. The summed E-state index contributed by atoms with van der Waals surface area (Å²) in [4.78, 5) is 21.5. The highest BCUT2D eigenvalue weighted by atomic mass is 16.6. The Hall–Kier alpha value is -1.59. The van der Waals surface area contributed by atoms with Crippen LogP contribution >= 0.6 is 0 Å². The van der Waals surface area contributed by atoms with Crippen molar-refractivity contribution in [1.82, 2.24) is 10.7 Å². The van der Waals surface area contributed by atoms with Crippen LogP contribution in [0.3, 0.4) is 0 Å². The fourth-order valence-corrected chi connectivity index (χ4v) is 0.536. The number of nitrogens with zero attached hydrogens (tertiary/aromatic N) is 1. The number of amides is 2. The third kappa shape index (κ3) is 6.79. The lowest BCUT2D eigenvalue weighted by Gasteiger charge is -2.08. The molecule has 6 heteroatoms. The Kier molecular flexibility index (Phi) is 5.25. The molecule has 0 aliphatic heterocycles. The van der Waals surface area contributed by atoms with E-state index in [1.807, 2.05) is 0 Å². The number of ether oxygens (including phenoxy) is 1. The van der Waals surface area contributed by atoms with Gasteiger partial charge in [-0.15, -0.1) is 0 Å². The molecule has 0 atom stereocenters. The summed E-state index contributed by atoms with van der Waals surface area (Å²) >= 11 is 0. The van der Waals surface area contributed by atoms with Gasteiger partial charge in [0.25, 0.3) is 5.91 Å². The van der Waals surface area contributed by atoms with Gasteiger partial charge in [-0.2, -0.15) is 5.10 Å². The summed E-state index contributed by atoms with van der Waals surface area (Å²) in [6.45, 7) is 6.30. The summed E-state index contributed by atoms with van der Waals surface area (Å²) in [5.74, 6) is -0.448. The van der Waals surface area contributed by atoms with Crippen molar-refractivity contribution in [2.45, 2.75) is 20.0 Å². The van der Waals surface area contributed by atoms with Gasteiger partial charge in [0.15, 0.2) is 0 Å². The molecule has 2 N–H and O–H groups in total. The number of carbonyl (C=O) groups excluding carboxylic acids is 2. The van der Waals surface area contributed by atoms with Crippen LogP contribution in [-0.2, 0) is 9.53 Å². The van der Waals surface area contributed by atoms with Crippen LogP contribution in [0, 0.1) is 0 Å². The topological polar surface area (TPSA) is 79.8 Å². The molecule has 0 fully saturated rings. The summed E-state index contributed by atoms with van der Waals surface area (Å²) < 4.78 is 4.70. The van der Waals surface area contributed by atoms with E-state index >= 15 is 0 Å². The molecule has 0 heterocycles. The van der Waals surface area contributed by atoms with Crippen molar-refractivity contribution in [2.75, 3.05) is 6.54 Å². The van der Waals surface area contributed by atoms with Gasteiger partial charge in [-0.05, 0) is 13.8 Å². The van der Waals surface area contributed by atoms with E-state index in [0.717, 1.165) is 0 Å². The lowest BCUT2D eigenvalue weighted by Crippen LogP contribution is -2.35. The van der Waals surface area contributed by atoms with E-state index in [1.54, 1.807) is 13.8 Å². The molecule has 0 aliphatic rings. The van der Waals surface area contributed by atoms with Gasteiger partial charge in [0, 0.05) is 6.72 Å². The second-order valence-corrected chi connectivity index (χ2v) is 2.50. The minimum absolute atomic E-state index is 0.176. The third-order valence-electron chi connectivity index (χ3n) is 0.940. The van der Waals surface area contributed by atoms with Gasteiger partial charge >= 0.3 is 6.09 Å². The maximum atomic E-state index is 10.8. The van der Waals surface area contributed by atoms with Gasteiger partial charge < -0.3 is 10.1 Å². The fourth-order valence-electron chi connectivity index (χ4n) is 0.536. The predicted octanol–water partition coefficient (Wildman–Crippen LogP) is -0.147. The first-order chi connectivity index (χ1) is 6.06. The second-order valence-electron chi connectivity index (χ2n) is 2.50. The number of hydrazone groups is 1. The monoisotopic (exact) mass is 187 g/mol. The normalized spacial score (nSPS) is 9.15. The van der Waals surface area contributed by atoms with Gasteiger partial charge in [0.05, 0.1) is 6.10 Å². The Balaban J connectivity index is 3.57. The molecule has 0 aromatic rings. The minimum Gasteiger partial charge on any atom is -0.447 e. The molecule has 6 nitrogen and oxygen atoms in total. The van der Waals surface area contributed by atoms with Crippen LogP contribution in [0.4, 0.5) is 4.79 Å². The first kappa shape index (κ1) is 11.4. The van der Waals surface area contributed by atoms with Gasteiger partial charge in [0.2, 0.25) is 0 Å². The van der Waals surface area contributed by atoms with Crippen molar-refractivity contribution < 1.29 is 14.3 Å². The first-order valence-electron chi connectivity index (χ1n) is 3.75. The molecule has 0 radical (unpaired) electrons. The number of hydrogen-bond donors (Lipinski definition) is 2. The number of hydrogen-bond acceptors (Lipinski definition) is 4.